The molecule has 0 aliphatic carbocycles. The first-order valence-corrected chi connectivity index (χ1v) is 25.9. The number of hydrogen-bond acceptors (Lipinski definition) is 18. The van der Waals surface area contributed by atoms with E-state index in [2.05, 4.69) is 33.5 Å². The van der Waals surface area contributed by atoms with Gasteiger partial charge in [-0.2, -0.15) is 0 Å². The molecule has 7 N–H and O–H groups in total. The molecule has 2 unspecified atom stereocenters. The molecule has 0 fully saturated rings. The van der Waals surface area contributed by atoms with E-state index in [1.807, 2.05) is 37.3 Å². The van der Waals surface area contributed by atoms with Crippen molar-refractivity contribution in [3.63, 3.8) is 0 Å². The van der Waals surface area contributed by atoms with Crippen molar-refractivity contribution < 1.29 is 71.9 Å². The van der Waals surface area contributed by atoms with Crippen LogP contribution in [-0.4, -0.2) is 206 Å². The summed E-state index contributed by atoms with van der Waals surface area (Å²) in [6.45, 7) is 17.9. The van der Waals surface area contributed by atoms with Gasteiger partial charge in [0.05, 0.1) is 119 Å². The number of carbonyl (C=O) groups excluding carboxylic acids is 2. The van der Waals surface area contributed by atoms with E-state index in [0.29, 0.717) is 184 Å². The zero-order chi connectivity index (χ0) is 50.5. The Morgan fingerprint density at radius 3 is 1.24 bits per heavy atom. The van der Waals surface area contributed by atoms with Gasteiger partial charge in [0.15, 0.2) is 6.35 Å². The van der Waals surface area contributed by atoms with Crippen LogP contribution in [0.5, 0.6) is 0 Å². The van der Waals surface area contributed by atoms with Crippen molar-refractivity contribution >= 4 is 11.8 Å². The predicted octanol–water partition coefficient (Wildman–Crippen LogP) is 2.52. The quantitative estimate of drug-likeness (QED) is 0.0367. The highest BCUT2D eigenvalue weighted by Crippen LogP contribution is 2.11. The maximum absolute atomic E-state index is 12.0. The second-order valence-corrected chi connectivity index (χ2v) is 16.4. The molecule has 2 amide bonds. The summed E-state index contributed by atoms with van der Waals surface area (Å²) in [4.78, 5) is 23.9. The number of amides is 2. The van der Waals surface area contributed by atoms with E-state index >= 15 is 0 Å². The van der Waals surface area contributed by atoms with Crippen molar-refractivity contribution in [3.8, 4) is 0 Å². The van der Waals surface area contributed by atoms with Gasteiger partial charge in [-0.25, -0.2) is 0 Å². The van der Waals surface area contributed by atoms with Crippen molar-refractivity contribution in [2.24, 2.45) is 5.92 Å². The van der Waals surface area contributed by atoms with Gasteiger partial charge in [-0.3, -0.25) is 25.5 Å². The average Bonchev–Trinajstić information content (AvgIpc) is 3.36. The van der Waals surface area contributed by atoms with Gasteiger partial charge in [0.1, 0.15) is 6.23 Å². The van der Waals surface area contributed by atoms with Gasteiger partial charge in [-0.1, -0.05) is 57.0 Å². The smallest absolute Gasteiger partial charge is 0.222 e. The Bertz CT molecular complexity index is 1250. The number of nitrogens with one attached hydrogen (secondary N) is 5. The fraction of sp³-hybridized carbons (Fsp3) is 0.840. The van der Waals surface area contributed by atoms with Crippen LogP contribution in [0.2, 0.25) is 0 Å². The van der Waals surface area contributed by atoms with Crippen LogP contribution < -0.4 is 26.6 Å². The number of carbonyl (C=O) groups is 2. The molecular weight excluding hydrogens is 911 g/mol. The van der Waals surface area contributed by atoms with Gasteiger partial charge in [0, 0.05) is 58.9 Å². The highest BCUT2D eigenvalue weighted by atomic mass is 16.6. The van der Waals surface area contributed by atoms with Gasteiger partial charge in [0.25, 0.3) is 0 Å². The molecular formula is C50H95N5O15. The minimum absolute atomic E-state index is 0.0502. The molecule has 410 valence electrons. The van der Waals surface area contributed by atoms with Crippen LogP contribution in [0.1, 0.15) is 83.6 Å². The normalized spacial score (nSPS) is 12.9. The summed E-state index contributed by atoms with van der Waals surface area (Å²) < 4.78 is 60.6. The SMILES string of the molecule is CCCCOCCOCCOCCCNC(=O)CCOCCOCCOCCOCCOCCC(=O)NCCCOCCOCCOCCCNC(O)[C@@H](C)CCCCNC(O)NCc1ccccc1. The molecule has 20 nitrogen and oxygen atoms in total. The molecule has 0 aromatic heterocycles. The Balaban J connectivity index is 1.71. The fourth-order valence-electron chi connectivity index (χ4n) is 6.12. The van der Waals surface area contributed by atoms with Crippen LogP contribution in [0.25, 0.3) is 0 Å². The summed E-state index contributed by atoms with van der Waals surface area (Å²) >= 11 is 0. The lowest BCUT2D eigenvalue weighted by atomic mass is 10.0. The summed E-state index contributed by atoms with van der Waals surface area (Å²) in [5.74, 6) is 0.0116. The summed E-state index contributed by atoms with van der Waals surface area (Å²) in [6, 6.07) is 9.95. The van der Waals surface area contributed by atoms with E-state index < -0.39 is 12.6 Å². The van der Waals surface area contributed by atoms with Gasteiger partial charge in [-0.15, -0.1) is 0 Å². The number of unbranched alkanes of at least 4 members (excludes halogenated alkanes) is 2. The summed E-state index contributed by atoms with van der Waals surface area (Å²) in [7, 11) is 0. The van der Waals surface area contributed by atoms with Gasteiger partial charge in [-0.05, 0) is 63.1 Å². The Labute approximate surface area is 419 Å². The molecule has 0 heterocycles. The molecule has 0 saturated heterocycles. The average molecular weight is 1010 g/mol. The van der Waals surface area contributed by atoms with Crippen LogP contribution >= 0.6 is 0 Å². The lowest BCUT2D eigenvalue weighted by Crippen LogP contribution is -2.42. The third-order valence-corrected chi connectivity index (χ3v) is 10.3. The van der Waals surface area contributed by atoms with Gasteiger partial charge in [0.2, 0.25) is 11.8 Å². The standard InChI is InChI=1S/C50H95N5O15/c1-3-4-22-60-28-34-66-35-29-61-23-10-19-51-47(56)16-26-64-32-38-68-40-42-70-43-41-69-39-33-65-27-17-48(57)52-20-11-24-62-30-36-67-37-31-63-25-12-21-53-49(58)45(2)13-8-9-18-54-50(59)55-44-46-14-6-5-7-15-46/h5-7,14-15,45,49-50,53-55,58-59H,3-4,8-13,16-44H2,1-2H3,(H,51,56)(H,52,57)/t45-,49?,50?/m0/s1. The zero-order valence-electron chi connectivity index (χ0n) is 43.0. The number of benzene rings is 1. The Hall–Kier alpha value is -2.48. The Kier molecular flexibility index (Phi) is 49.5. The van der Waals surface area contributed by atoms with Crippen LogP contribution in [-0.2, 0) is 68.2 Å². The van der Waals surface area contributed by atoms with Crippen molar-refractivity contribution in [1.82, 2.24) is 26.6 Å². The van der Waals surface area contributed by atoms with E-state index in [1.165, 1.54) is 0 Å². The van der Waals surface area contributed by atoms with Crippen LogP contribution in [0.15, 0.2) is 30.3 Å². The van der Waals surface area contributed by atoms with E-state index in [0.717, 1.165) is 57.1 Å². The van der Waals surface area contributed by atoms with Crippen molar-refractivity contribution in [1.29, 1.82) is 0 Å². The molecule has 20 heteroatoms. The van der Waals surface area contributed by atoms with Crippen molar-refractivity contribution in [2.45, 2.75) is 97.2 Å². The van der Waals surface area contributed by atoms with Crippen molar-refractivity contribution in [2.75, 3.05) is 172 Å². The molecule has 0 aliphatic rings. The maximum Gasteiger partial charge on any atom is 0.222 e. The Morgan fingerprint density at radius 1 is 0.443 bits per heavy atom. The lowest BCUT2D eigenvalue weighted by molar-refractivity contribution is -0.123. The summed E-state index contributed by atoms with van der Waals surface area (Å²) in [5.41, 5.74) is 1.12. The van der Waals surface area contributed by atoms with Gasteiger partial charge >= 0.3 is 0 Å². The summed E-state index contributed by atoms with van der Waals surface area (Å²) in [6.07, 6.45) is 6.47. The predicted molar refractivity (Wildman–Crippen MR) is 267 cm³/mol. The third kappa shape index (κ3) is 47.8. The number of ether oxygens (including phenoxy) is 11. The zero-order valence-corrected chi connectivity index (χ0v) is 43.0. The monoisotopic (exact) mass is 1010 g/mol. The molecule has 1 aromatic carbocycles. The molecule has 3 atom stereocenters. The first kappa shape index (κ1) is 65.5. The number of rotatable bonds is 56. The fourth-order valence-corrected chi connectivity index (χ4v) is 6.12. The first-order chi connectivity index (χ1) is 34.4. The molecule has 0 bridgehead atoms. The first-order valence-electron chi connectivity index (χ1n) is 25.9. The van der Waals surface area contributed by atoms with Gasteiger partial charge < -0.3 is 73.0 Å². The molecule has 0 aliphatic heterocycles. The van der Waals surface area contributed by atoms with Crippen LogP contribution in [0.3, 0.4) is 0 Å². The van der Waals surface area contributed by atoms with Crippen LogP contribution in [0, 0.1) is 5.92 Å². The Morgan fingerprint density at radius 2 is 0.814 bits per heavy atom. The van der Waals surface area contributed by atoms with E-state index in [1.54, 1.807) is 0 Å². The van der Waals surface area contributed by atoms with E-state index in [9.17, 15) is 19.8 Å². The minimum atomic E-state index is -0.750. The molecule has 1 rings (SSSR count). The van der Waals surface area contributed by atoms with Crippen LogP contribution in [0.4, 0.5) is 0 Å². The molecule has 70 heavy (non-hydrogen) atoms. The largest absolute Gasteiger partial charge is 0.379 e. The van der Waals surface area contributed by atoms with E-state index in [-0.39, 0.29) is 24.2 Å². The minimum Gasteiger partial charge on any atom is -0.379 e. The number of aliphatic hydroxyl groups excluding tert-OH is 2. The molecule has 0 spiro atoms. The molecule has 1 aromatic rings. The summed E-state index contributed by atoms with van der Waals surface area (Å²) in [5, 5.41) is 35.5. The van der Waals surface area contributed by atoms with Crippen molar-refractivity contribution in [3.05, 3.63) is 35.9 Å². The molecule has 0 saturated carbocycles. The highest BCUT2D eigenvalue weighted by Gasteiger charge is 2.13. The number of aliphatic hydroxyl groups is 2. The maximum atomic E-state index is 12.0. The second kappa shape index (κ2) is 52.8. The topological polar surface area (TPSA) is 236 Å². The molecule has 0 radical (unpaired) electrons. The second-order valence-electron chi connectivity index (χ2n) is 16.4. The van der Waals surface area contributed by atoms with E-state index in [4.69, 9.17) is 52.1 Å². The number of hydrogen-bond donors (Lipinski definition) is 7. The third-order valence-electron chi connectivity index (χ3n) is 10.3. The lowest BCUT2D eigenvalue weighted by Gasteiger charge is -2.20. The highest BCUT2D eigenvalue weighted by molar-refractivity contribution is 5.76.